The highest BCUT2D eigenvalue weighted by Crippen LogP contribution is 2.32. The van der Waals surface area contributed by atoms with Crippen LogP contribution in [0.4, 0.5) is 0 Å². The number of carboxylic acids is 1. The second-order valence-electron chi connectivity index (χ2n) is 7.36. The van der Waals surface area contributed by atoms with Crippen molar-refractivity contribution in [1.82, 2.24) is 9.80 Å². The van der Waals surface area contributed by atoms with Crippen molar-refractivity contribution in [1.29, 1.82) is 0 Å². The molecule has 26 heavy (non-hydrogen) atoms. The van der Waals surface area contributed by atoms with Gasteiger partial charge in [0.05, 0.1) is 18.4 Å². The van der Waals surface area contributed by atoms with Gasteiger partial charge in [0.25, 0.3) is 0 Å². The molecule has 0 spiro atoms. The molecular formula is C20H26N2O4. The van der Waals surface area contributed by atoms with Crippen LogP contribution in [0.1, 0.15) is 42.7 Å². The number of rotatable bonds is 4. The molecule has 1 saturated heterocycles. The molecule has 3 rings (SSSR count). The fourth-order valence-electron chi connectivity index (χ4n) is 4.06. The molecule has 1 aromatic rings. The smallest absolute Gasteiger partial charge is 0.308 e. The zero-order valence-corrected chi connectivity index (χ0v) is 15.2. The number of hydrogen-bond donors (Lipinski definition) is 1. The van der Waals surface area contributed by atoms with Crippen LogP contribution in [0.3, 0.4) is 0 Å². The Labute approximate surface area is 153 Å². The summed E-state index contributed by atoms with van der Waals surface area (Å²) in [5.41, 5.74) is 2.30. The fraction of sp³-hybridized carbons (Fsp3) is 0.550. The molecule has 6 heteroatoms. The molecule has 1 aliphatic carbocycles. The Bertz CT molecular complexity index is 703. The van der Waals surface area contributed by atoms with Gasteiger partial charge < -0.3 is 14.9 Å². The minimum atomic E-state index is -0.856. The third-order valence-corrected chi connectivity index (χ3v) is 5.54. The van der Waals surface area contributed by atoms with Gasteiger partial charge in [-0.05, 0) is 43.2 Å². The van der Waals surface area contributed by atoms with Crippen LogP contribution in [0.15, 0.2) is 24.3 Å². The second-order valence-corrected chi connectivity index (χ2v) is 7.36. The maximum atomic E-state index is 12.9. The first kappa shape index (κ1) is 18.4. The molecule has 2 atom stereocenters. The van der Waals surface area contributed by atoms with Crippen LogP contribution in [0.25, 0.3) is 0 Å². The number of carbonyl (C=O) groups is 3. The summed E-state index contributed by atoms with van der Waals surface area (Å²) in [7, 11) is 1.66. The van der Waals surface area contributed by atoms with Gasteiger partial charge in [-0.25, -0.2) is 0 Å². The number of carboxylic acid groups (broad SMARTS) is 1. The fourth-order valence-corrected chi connectivity index (χ4v) is 4.06. The molecule has 6 nitrogen and oxygen atoms in total. The number of carbonyl (C=O) groups excluding carboxylic acids is 2. The van der Waals surface area contributed by atoms with E-state index in [1.807, 2.05) is 18.2 Å². The van der Waals surface area contributed by atoms with E-state index >= 15 is 0 Å². The molecule has 0 saturated carbocycles. The highest BCUT2D eigenvalue weighted by molar-refractivity contribution is 5.89. The number of likely N-dealkylation sites (tertiary alicyclic amines) is 1. The molecule has 0 radical (unpaired) electrons. The van der Waals surface area contributed by atoms with E-state index in [-0.39, 0.29) is 30.8 Å². The molecule has 2 amide bonds. The summed E-state index contributed by atoms with van der Waals surface area (Å²) in [5, 5.41) is 9.17. The molecule has 2 unspecified atom stereocenters. The average molecular weight is 358 g/mol. The summed E-state index contributed by atoms with van der Waals surface area (Å²) in [5.74, 6) is -1.75. The van der Waals surface area contributed by atoms with Crippen molar-refractivity contribution in [2.45, 2.75) is 38.0 Å². The minimum absolute atomic E-state index is 0.00381. The Morgan fingerprint density at radius 2 is 1.96 bits per heavy atom. The average Bonchev–Trinajstić information content (AvgIpc) is 2.67. The number of amides is 2. The van der Waals surface area contributed by atoms with Gasteiger partial charge in [-0.15, -0.1) is 0 Å². The highest BCUT2D eigenvalue weighted by Gasteiger charge is 2.32. The molecular weight excluding hydrogens is 332 g/mol. The lowest BCUT2D eigenvalue weighted by atomic mass is 9.82. The van der Waals surface area contributed by atoms with E-state index in [0.717, 1.165) is 24.8 Å². The van der Waals surface area contributed by atoms with Gasteiger partial charge in [-0.2, -0.15) is 0 Å². The maximum absolute atomic E-state index is 12.9. The number of aryl methyl sites for hydroxylation is 1. The normalized spacial score (nSPS) is 22.4. The Morgan fingerprint density at radius 1 is 1.19 bits per heavy atom. The lowest BCUT2D eigenvalue weighted by Gasteiger charge is -2.33. The van der Waals surface area contributed by atoms with Crippen LogP contribution < -0.4 is 0 Å². The van der Waals surface area contributed by atoms with Crippen molar-refractivity contribution in [2.75, 3.05) is 26.7 Å². The van der Waals surface area contributed by atoms with Crippen molar-refractivity contribution in [3.8, 4) is 0 Å². The van der Waals surface area contributed by atoms with Crippen molar-refractivity contribution >= 4 is 17.8 Å². The van der Waals surface area contributed by atoms with Gasteiger partial charge in [0.2, 0.25) is 11.8 Å². The monoisotopic (exact) mass is 358 g/mol. The SMILES string of the molecule is CN(CC(=O)N1CCCC(C(=O)O)C1)C(=O)C1CCCc2ccccc21. The summed E-state index contributed by atoms with van der Waals surface area (Å²) >= 11 is 0. The zero-order valence-electron chi connectivity index (χ0n) is 15.2. The van der Waals surface area contributed by atoms with E-state index in [1.54, 1.807) is 11.9 Å². The summed E-state index contributed by atoms with van der Waals surface area (Å²) in [6, 6.07) is 8.03. The lowest BCUT2D eigenvalue weighted by molar-refractivity contribution is -0.147. The van der Waals surface area contributed by atoms with Gasteiger partial charge >= 0.3 is 5.97 Å². The molecule has 1 aromatic carbocycles. The van der Waals surface area contributed by atoms with Crippen LogP contribution in [-0.2, 0) is 20.8 Å². The number of fused-ring (bicyclic) bond motifs is 1. The van der Waals surface area contributed by atoms with Crippen molar-refractivity contribution in [3.05, 3.63) is 35.4 Å². The first-order valence-corrected chi connectivity index (χ1v) is 9.30. The van der Waals surface area contributed by atoms with Gasteiger partial charge in [-0.1, -0.05) is 24.3 Å². The van der Waals surface area contributed by atoms with Crippen molar-refractivity contribution in [3.63, 3.8) is 0 Å². The topological polar surface area (TPSA) is 77.9 Å². The van der Waals surface area contributed by atoms with E-state index in [4.69, 9.17) is 5.11 Å². The second kappa shape index (κ2) is 7.89. The van der Waals surface area contributed by atoms with Gasteiger partial charge in [-0.3, -0.25) is 14.4 Å². The Morgan fingerprint density at radius 3 is 2.73 bits per heavy atom. The Kier molecular flexibility index (Phi) is 5.59. The van der Waals surface area contributed by atoms with E-state index < -0.39 is 11.9 Å². The molecule has 1 fully saturated rings. The molecule has 2 aliphatic rings. The molecule has 0 bridgehead atoms. The maximum Gasteiger partial charge on any atom is 0.308 e. The molecule has 1 aliphatic heterocycles. The first-order valence-electron chi connectivity index (χ1n) is 9.30. The van der Waals surface area contributed by atoms with Crippen LogP contribution in [0, 0.1) is 5.92 Å². The number of likely N-dealkylation sites (N-methyl/N-ethyl adjacent to an activating group) is 1. The number of benzene rings is 1. The van der Waals surface area contributed by atoms with Crippen LogP contribution in [0.5, 0.6) is 0 Å². The Balaban J connectivity index is 1.63. The zero-order chi connectivity index (χ0) is 18.7. The number of hydrogen-bond acceptors (Lipinski definition) is 3. The third-order valence-electron chi connectivity index (χ3n) is 5.54. The van der Waals surface area contributed by atoms with Gasteiger partial charge in [0.15, 0.2) is 0 Å². The van der Waals surface area contributed by atoms with Crippen molar-refractivity contribution in [2.24, 2.45) is 5.92 Å². The molecule has 0 aromatic heterocycles. The summed E-state index contributed by atoms with van der Waals surface area (Å²) in [4.78, 5) is 39.7. The summed E-state index contributed by atoms with van der Waals surface area (Å²) in [6.45, 7) is 0.809. The first-order chi connectivity index (χ1) is 12.5. The summed E-state index contributed by atoms with van der Waals surface area (Å²) < 4.78 is 0. The third kappa shape index (κ3) is 3.89. The van der Waals surface area contributed by atoms with Crippen LogP contribution in [0.2, 0.25) is 0 Å². The number of aliphatic carboxylic acids is 1. The van der Waals surface area contributed by atoms with Gasteiger partial charge in [0.1, 0.15) is 0 Å². The van der Waals surface area contributed by atoms with Gasteiger partial charge in [0, 0.05) is 20.1 Å². The van der Waals surface area contributed by atoms with Crippen LogP contribution >= 0.6 is 0 Å². The summed E-state index contributed by atoms with van der Waals surface area (Å²) in [6.07, 6.45) is 4.07. The minimum Gasteiger partial charge on any atom is -0.481 e. The molecule has 1 heterocycles. The number of nitrogens with zero attached hydrogens (tertiary/aromatic N) is 2. The molecule has 1 N–H and O–H groups in total. The number of piperidine rings is 1. The van der Waals surface area contributed by atoms with E-state index in [1.165, 1.54) is 10.5 Å². The largest absolute Gasteiger partial charge is 0.481 e. The van der Waals surface area contributed by atoms with E-state index in [9.17, 15) is 14.4 Å². The van der Waals surface area contributed by atoms with Crippen molar-refractivity contribution < 1.29 is 19.5 Å². The van der Waals surface area contributed by atoms with E-state index in [0.29, 0.717) is 19.4 Å². The standard InChI is InChI=1S/C20H26N2O4/c1-21(13-18(23)22-11-5-8-15(12-22)20(25)26)19(24)17-10-4-7-14-6-2-3-9-16(14)17/h2-3,6,9,15,17H,4-5,7-8,10-13H2,1H3,(H,25,26). The van der Waals surface area contributed by atoms with E-state index in [2.05, 4.69) is 6.07 Å². The molecule has 140 valence electrons. The lowest BCUT2D eigenvalue weighted by Crippen LogP contribution is -2.47. The highest BCUT2D eigenvalue weighted by atomic mass is 16.4. The Hall–Kier alpha value is -2.37. The quantitative estimate of drug-likeness (QED) is 0.892. The predicted octanol–water partition coefficient (Wildman–Crippen LogP) is 1.89. The predicted molar refractivity (Wildman–Crippen MR) is 96.7 cm³/mol. The van der Waals surface area contributed by atoms with Crippen LogP contribution in [-0.4, -0.2) is 59.4 Å².